The summed E-state index contributed by atoms with van der Waals surface area (Å²) in [5.41, 5.74) is 0. The maximum absolute atomic E-state index is 11.8. The molecule has 0 bridgehead atoms. The Morgan fingerprint density at radius 1 is 1.44 bits per heavy atom. The highest BCUT2D eigenvalue weighted by atomic mass is 16.2. The number of likely N-dealkylation sites (tertiary alicyclic amines) is 1. The fourth-order valence-electron chi connectivity index (χ4n) is 2.71. The molecule has 3 rings (SSSR count). The van der Waals surface area contributed by atoms with E-state index in [4.69, 9.17) is 0 Å². The first-order valence-electron chi connectivity index (χ1n) is 6.95. The van der Waals surface area contributed by atoms with E-state index in [9.17, 15) is 4.79 Å². The summed E-state index contributed by atoms with van der Waals surface area (Å²) < 4.78 is 2.24. The molecule has 18 heavy (non-hydrogen) atoms. The molecule has 4 nitrogen and oxygen atoms in total. The second-order valence-corrected chi connectivity index (χ2v) is 5.98. The van der Waals surface area contributed by atoms with Gasteiger partial charge < -0.3 is 9.47 Å². The van der Waals surface area contributed by atoms with Gasteiger partial charge in [-0.05, 0) is 12.8 Å². The number of aromatic nitrogens is 2. The van der Waals surface area contributed by atoms with Crippen LogP contribution in [0.2, 0.25) is 0 Å². The predicted molar refractivity (Wildman–Crippen MR) is 69.1 cm³/mol. The molecule has 0 aromatic carbocycles. The maximum Gasteiger partial charge on any atom is 0.225 e. The Morgan fingerprint density at radius 2 is 2.17 bits per heavy atom. The highest BCUT2D eigenvalue weighted by molar-refractivity contribution is 5.81. The van der Waals surface area contributed by atoms with E-state index < -0.39 is 0 Å². The first kappa shape index (κ1) is 11.8. The van der Waals surface area contributed by atoms with Crippen molar-refractivity contribution in [3.8, 4) is 0 Å². The molecule has 2 fully saturated rings. The van der Waals surface area contributed by atoms with E-state index in [1.807, 2.05) is 11.1 Å². The van der Waals surface area contributed by atoms with E-state index in [0.717, 1.165) is 38.3 Å². The van der Waals surface area contributed by atoms with Crippen LogP contribution in [0.15, 0.2) is 12.4 Å². The van der Waals surface area contributed by atoms with Crippen LogP contribution in [0, 0.1) is 11.8 Å². The summed E-state index contributed by atoms with van der Waals surface area (Å²) >= 11 is 0. The monoisotopic (exact) mass is 247 g/mol. The Hall–Kier alpha value is -1.32. The summed E-state index contributed by atoms with van der Waals surface area (Å²) in [6.07, 6.45) is 6.15. The van der Waals surface area contributed by atoms with Crippen molar-refractivity contribution in [3.63, 3.8) is 0 Å². The Balaban J connectivity index is 1.53. The smallest absolute Gasteiger partial charge is 0.225 e. The SMILES string of the molecule is CC(C)c1nccn1CC1CN(C(=O)C2CC2)C1. The van der Waals surface area contributed by atoms with Crippen LogP contribution in [0.5, 0.6) is 0 Å². The molecule has 1 aromatic rings. The molecule has 0 unspecified atom stereocenters. The quantitative estimate of drug-likeness (QED) is 0.814. The number of hydrogen-bond acceptors (Lipinski definition) is 2. The van der Waals surface area contributed by atoms with Crippen LogP contribution < -0.4 is 0 Å². The van der Waals surface area contributed by atoms with Crippen LogP contribution in [-0.2, 0) is 11.3 Å². The fraction of sp³-hybridized carbons (Fsp3) is 0.714. The second kappa shape index (κ2) is 4.41. The minimum absolute atomic E-state index is 0.366. The highest BCUT2D eigenvalue weighted by Crippen LogP contribution is 2.33. The lowest BCUT2D eigenvalue weighted by molar-refractivity contribution is -0.139. The molecule has 4 heteroatoms. The van der Waals surface area contributed by atoms with Crippen molar-refractivity contribution >= 4 is 5.91 Å². The van der Waals surface area contributed by atoms with E-state index in [1.165, 1.54) is 0 Å². The van der Waals surface area contributed by atoms with Gasteiger partial charge in [-0.2, -0.15) is 0 Å². The van der Waals surface area contributed by atoms with E-state index >= 15 is 0 Å². The van der Waals surface area contributed by atoms with Gasteiger partial charge in [-0.1, -0.05) is 13.8 Å². The van der Waals surface area contributed by atoms with Crippen molar-refractivity contribution in [1.29, 1.82) is 0 Å². The average molecular weight is 247 g/mol. The number of carbonyl (C=O) groups excluding carboxylic acids is 1. The predicted octanol–water partition coefficient (Wildman–Crippen LogP) is 1.87. The van der Waals surface area contributed by atoms with Crippen LogP contribution in [0.1, 0.15) is 38.4 Å². The molecular weight excluding hydrogens is 226 g/mol. The zero-order valence-electron chi connectivity index (χ0n) is 11.2. The highest BCUT2D eigenvalue weighted by Gasteiger charge is 2.39. The van der Waals surface area contributed by atoms with E-state index in [1.54, 1.807) is 0 Å². The van der Waals surface area contributed by atoms with Crippen molar-refractivity contribution in [2.75, 3.05) is 13.1 Å². The first-order valence-corrected chi connectivity index (χ1v) is 6.95. The standard InChI is InChI=1S/C14H21N3O/c1-10(2)13-15-5-6-16(13)7-11-8-17(9-11)14(18)12-3-4-12/h5-6,10-12H,3-4,7-9H2,1-2H3. The van der Waals surface area contributed by atoms with Gasteiger partial charge >= 0.3 is 0 Å². The number of amides is 1. The van der Waals surface area contributed by atoms with Gasteiger partial charge in [0.15, 0.2) is 0 Å². The van der Waals surface area contributed by atoms with Gasteiger partial charge in [0.1, 0.15) is 5.82 Å². The number of rotatable bonds is 4. The molecule has 1 amide bonds. The molecule has 2 heterocycles. The van der Waals surface area contributed by atoms with Gasteiger partial charge in [0.25, 0.3) is 0 Å². The Morgan fingerprint density at radius 3 is 2.78 bits per heavy atom. The fourth-order valence-corrected chi connectivity index (χ4v) is 2.71. The molecule has 1 aliphatic heterocycles. The lowest BCUT2D eigenvalue weighted by Gasteiger charge is -2.40. The molecule has 0 atom stereocenters. The lowest BCUT2D eigenvalue weighted by Crippen LogP contribution is -2.52. The van der Waals surface area contributed by atoms with Crippen molar-refractivity contribution in [2.45, 2.75) is 39.2 Å². The molecule has 1 saturated carbocycles. The Kier molecular flexibility index (Phi) is 2.88. The molecule has 0 spiro atoms. The third-order valence-corrected chi connectivity index (χ3v) is 3.91. The molecule has 98 valence electrons. The summed E-state index contributed by atoms with van der Waals surface area (Å²) in [6.45, 7) is 7.21. The molecule has 1 saturated heterocycles. The minimum atomic E-state index is 0.366. The van der Waals surface area contributed by atoms with Crippen LogP contribution >= 0.6 is 0 Å². The van der Waals surface area contributed by atoms with Crippen LogP contribution in [0.25, 0.3) is 0 Å². The van der Waals surface area contributed by atoms with Gasteiger partial charge in [0, 0.05) is 49.8 Å². The summed E-state index contributed by atoms with van der Waals surface area (Å²) in [7, 11) is 0. The molecule has 1 aromatic heterocycles. The lowest BCUT2D eigenvalue weighted by atomic mass is 9.99. The summed E-state index contributed by atoms with van der Waals surface area (Å²) in [6, 6.07) is 0. The topological polar surface area (TPSA) is 38.1 Å². The number of imidazole rings is 1. The summed E-state index contributed by atoms with van der Waals surface area (Å²) in [5.74, 6) is 2.98. The zero-order chi connectivity index (χ0) is 12.7. The van der Waals surface area contributed by atoms with Crippen LogP contribution in [0.3, 0.4) is 0 Å². The van der Waals surface area contributed by atoms with Crippen molar-refractivity contribution in [2.24, 2.45) is 11.8 Å². The normalized spacial score (nSPS) is 20.3. The minimum Gasteiger partial charge on any atom is -0.342 e. The van der Waals surface area contributed by atoms with Gasteiger partial charge in [-0.3, -0.25) is 4.79 Å². The average Bonchev–Trinajstić information content (AvgIpc) is 3.01. The largest absolute Gasteiger partial charge is 0.342 e. The van der Waals surface area contributed by atoms with Gasteiger partial charge in [0.05, 0.1) is 0 Å². The molecule has 0 radical (unpaired) electrons. The Bertz CT molecular complexity index is 442. The van der Waals surface area contributed by atoms with E-state index in [0.29, 0.717) is 23.7 Å². The van der Waals surface area contributed by atoms with Crippen LogP contribution in [-0.4, -0.2) is 33.4 Å². The zero-order valence-corrected chi connectivity index (χ0v) is 11.2. The third-order valence-electron chi connectivity index (χ3n) is 3.91. The molecular formula is C14H21N3O. The first-order chi connectivity index (χ1) is 8.65. The molecule has 0 N–H and O–H groups in total. The van der Waals surface area contributed by atoms with Crippen molar-refractivity contribution in [3.05, 3.63) is 18.2 Å². The number of hydrogen-bond donors (Lipinski definition) is 0. The van der Waals surface area contributed by atoms with Crippen molar-refractivity contribution < 1.29 is 4.79 Å². The second-order valence-electron chi connectivity index (χ2n) is 5.98. The third kappa shape index (κ3) is 2.16. The van der Waals surface area contributed by atoms with Crippen molar-refractivity contribution in [1.82, 2.24) is 14.5 Å². The summed E-state index contributed by atoms with van der Waals surface area (Å²) in [4.78, 5) is 18.2. The molecule has 1 aliphatic carbocycles. The van der Waals surface area contributed by atoms with Gasteiger partial charge in [-0.25, -0.2) is 4.98 Å². The number of carbonyl (C=O) groups is 1. The molecule has 2 aliphatic rings. The van der Waals surface area contributed by atoms with E-state index in [-0.39, 0.29) is 0 Å². The number of nitrogens with zero attached hydrogens (tertiary/aromatic N) is 3. The van der Waals surface area contributed by atoms with Gasteiger partial charge in [-0.15, -0.1) is 0 Å². The summed E-state index contributed by atoms with van der Waals surface area (Å²) in [5, 5.41) is 0. The van der Waals surface area contributed by atoms with Crippen LogP contribution in [0.4, 0.5) is 0 Å². The maximum atomic E-state index is 11.8. The van der Waals surface area contributed by atoms with Gasteiger partial charge in [0.2, 0.25) is 5.91 Å². The van der Waals surface area contributed by atoms with E-state index in [2.05, 4.69) is 29.6 Å². The Labute approximate surface area is 108 Å².